The van der Waals surface area contributed by atoms with Crippen LogP contribution in [0.25, 0.3) is 0 Å². The van der Waals surface area contributed by atoms with Crippen LogP contribution in [0.2, 0.25) is 0 Å². The number of benzene rings is 1. The van der Waals surface area contributed by atoms with Crippen LogP contribution in [0, 0.1) is 6.92 Å². The Morgan fingerprint density at radius 3 is 3.00 bits per heavy atom. The minimum atomic E-state index is -0.567. The van der Waals surface area contributed by atoms with Crippen LogP contribution in [-0.2, 0) is 20.9 Å². The number of carbonyl (C=O) groups is 1. The van der Waals surface area contributed by atoms with Gasteiger partial charge in [-0.1, -0.05) is 35.0 Å². The number of likely N-dealkylation sites (tertiary alicyclic amines) is 1. The van der Waals surface area contributed by atoms with Crippen molar-refractivity contribution in [2.24, 2.45) is 5.16 Å². The standard InChI is InChI=1S/C21H29N3O3/c1-16-6-5-7-17(12-16)14-22-19-8-11-26-15-21(19)13-18(23-27-21)20(25)24-9-3-2-4-10-24/h5-7,12,19,22H,2-4,8-11,13-15H2,1H3/t19-,21-/m0/s1. The molecule has 6 nitrogen and oxygen atoms in total. The fourth-order valence-corrected chi connectivity index (χ4v) is 4.31. The maximum Gasteiger partial charge on any atom is 0.271 e. The normalized spacial score (nSPS) is 28.1. The number of piperidine rings is 1. The Labute approximate surface area is 160 Å². The second-order valence-electron chi connectivity index (χ2n) is 7.99. The van der Waals surface area contributed by atoms with E-state index in [1.807, 2.05) is 4.90 Å². The molecule has 0 bridgehead atoms. The molecule has 0 aliphatic carbocycles. The van der Waals surface area contributed by atoms with Crippen LogP contribution in [0.1, 0.15) is 43.2 Å². The van der Waals surface area contributed by atoms with Crippen molar-refractivity contribution in [2.45, 2.75) is 57.2 Å². The topological polar surface area (TPSA) is 63.2 Å². The Hall–Kier alpha value is -1.92. The van der Waals surface area contributed by atoms with E-state index in [0.717, 1.165) is 38.9 Å². The zero-order valence-corrected chi connectivity index (χ0v) is 16.1. The Bertz CT molecular complexity index is 714. The highest BCUT2D eigenvalue weighted by molar-refractivity contribution is 6.39. The van der Waals surface area contributed by atoms with E-state index < -0.39 is 5.60 Å². The highest BCUT2D eigenvalue weighted by Crippen LogP contribution is 2.33. The lowest BCUT2D eigenvalue weighted by molar-refractivity contribution is -0.131. The summed E-state index contributed by atoms with van der Waals surface area (Å²) in [6, 6.07) is 8.62. The van der Waals surface area contributed by atoms with Gasteiger partial charge in [0.2, 0.25) is 0 Å². The summed E-state index contributed by atoms with van der Waals surface area (Å²) in [5, 5.41) is 7.85. The van der Waals surface area contributed by atoms with Gasteiger partial charge in [0, 0.05) is 32.7 Å². The van der Waals surface area contributed by atoms with Gasteiger partial charge in [0.15, 0.2) is 5.60 Å². The molecule has 1 amide bonds. The van der Waals surface area contributed by atoms with Gasteiger partial charge >= 0.3 is 0 Å². The summed E-state index contributed by atoms with van der Waals surface area (Å²) in [7, 11) is 0. The highest BCUT2D eigenvalue weighted by atomic mass is 16.7. The molecule has 3 aliphatic heterocycles. The number of hydrogen-bond donors (Lipinski definition) is 1. The lowest BCUT2D eigenvalue weighted by atomic mass is 9.85. The predicted octanol–water partition coefficient (Wildman–Crippen LogP) is 2.40. The van der Waals surface area contributed by atoms with Crippen molar-refractivity contribution < 1.29 is 14.4 Å². The first-order chi connectivity index (χ1) is 13.2. The molecule has 2 atom stereocenters. The van der Waals surface area contributed by atoms with Gasteiger partial charge in [0.05, 0.1) is 12.6 Å². The molecule has 0 radical (unpaired) electrons. The average molecular weight is 371 g/mol. The van der Waals surface area contributed by atoms with Gasteiger partial charge in [-0.05, 0) is 38.2 Å². The fourth-order valence-electron chi connectivity index (χ4n) is 4.31. The largest absolute Gasteiger partial charge is 0.384 e. The maximum absolute atomic E-state index is 12.8. The zero-order valence-electron chi connectivity index (χ0n) is 16.1. The first-order valence-electron chi connectivity index (χ1n) is 10.1. The van der Waals surface area contributed by atoms with Crippen molar-refractivity contribution in [1.29, 1.82) is 0 Å². The van der Waals surface area contributed by atoms with E-state index in [-0.39, 0.29) is 11.9 Å². The Balaban J connectivity index is 1.40. The quantitative estimate of drug-likeness (QED) is 0.883. The number of aryl methyl sites for hydroxylation is 1. The molecular formula is C21H29N3O3. The van der Waals surface area contributed by atoms with Crippen molar-refractivity contribution in [3.63, 3.8) is 0 Å². The molecule has 4 rings (SSSR count). The van der Waals surface area contributed by atoms with E-state index in [4.69, 9.17) is 9.57 Å². The second kappa shape index (κ2) is 7.98. The minimum Gasteiger partial charge on any atom is -0.384 e. The van der Waals surface area contributed by atoms with Crippen LogP contribution >= 0.6 is 0 Å². The van der Waals surface area contributed by atoms with Crippen molar-refractivity contribution in [3.8, 4) is 0 Å². The van der Waals surface area contributed by atoms with Gasteiger partial charge in [0.25, 0.3) is 5.91 Å². The summed E-state index contributed by atoms with van der Waals surface area (Å²) >= 11 is 0. The third kappa shape index (κ3) is 4.01. The fraction of sp³-hybridized carbons (Fsp3) is 0.619. The van der Waals surface area contributed by atoms with E-state index in [9.17, 15) is 4.79 Å². The number of nitrogens with zero attached hydrogens (tertiary/aromatic N) is 2. The molecule has 1 N–H and O–H groups in total. The molecule has 1 aromatic carbocycles. The highest BCUT2D eigenvalue weighted by Gasteiger charge is 2.50. The number of oxime groups is 1. The average Bonchev–Trinajstić information content (AvgIpc) is 3.12. The van der Waals surface area contributed by atoms with Crippen LogP contribution < -0.4 is 5.32 Å². The number of ether oxygens (including phenoxy) is 1. The molecule has 146 valence electrons. The van der Waals surface area contributed by atoms with Crippen molar-refractivity contribution in [1.82, 2.24) is 10.2 Å². The lowest BCUT2D eigenvalue weighted by Crippen LogP contribution is -2.57. The monoisotopic (exact) mass is 371 g/mol. The molecule has 3 aliphatic rings. The third-order valence-corrected chi connectivity index (χ3v) is 5.86. The lowest BCUT2D eigenvalue weighted by Gasteiger charge is -2.39. The first kappa shape index (κ1) is 18.4. The van der Waals surface area contributed by atoms with Gasteiger partial charge in [0.1, 0.15) is 5.71 Å². The minimum absolute atomic E-state index is 0.0367. The van der Waals surface area contributed by atoms with Crippen LogP contribution in [0.5, 0.6) is 0 Å². The summed E-state index contributed by atoms with van der Waals surface area (Å²) in [6.45, 7) is 5.70. The number of carbonyl (C=O) groups excluding carboxylic acids is 1. The van der Waals surface area contributed by atoms with Crippen LogP contribution in [0.4, 0.5) is 0 Å². The van der Waals surface area contributed by atoms with E-state index in [1.165, 1.54) is 17.5 Å². The maximum atomic E-state index is 12.8. The van der Waals surface area contributed by atoms with Gasteiger partial charge in [-0.25, -0.2) is 0 Å². The number of nitrogens with one attached hydrogen (secondary N) is 1. The number of rotatable bonds is 4. The molecule has 1 aromatic rings. The van der Waals surface area contributed by atoms with Crippen LogP contribution in [0.3, 0.4) is 0 Å². The van der Waals surface area contributed by atoms with Gasteiger partial charge in [-0.15, -0.1) is 0 Å². The Morgan fingerprint density at radius 2 is 2.19 bits per heavy atom. The molecule has 0 unspecified atom stereocenters. The number of amides is 1. The molecular weight excluding hydrogens is 342 g/mol. The predicted molar refractivity (Wildman–Crippen MR) is 104 cm³/mol. The molecule has 2 saturated heterocycles. The smallest absolute Gasteiger partial charge is 0.271 e. The summed E-state index contributed by atoms with van der Waals surface area (Å²) < 4.78 is 5.72. The van der Waals surface area contributed by atoms with Crippen molar-refractivity contribution >= 4 is 11.6 Å². The summed E-state index contributed by atoms with van der Waals surface area (Å²) in [6.07, 6.45) is 4.74. The molecule has 6 heteroatoms. The van der Waals surface area contributed by atoms with Crippen molar-refractivity contribution in [3.05, 3.63) is 35.4 Å². The van der Waals surface area contributed by atoms with E-state index in [0.29, 0.717) is 25.3 Å². The first-order valence-corrected chi connectivity index (χ1v) is 10.1. The second-order valence-corrected chi connectivity index (χ2v) is 7.99. The van der Waals surface area contributed by atoms with Crippen LogP contribution in [0.15, 0.2) is 29.4 Å². The zero-order chi connectivity index (χ0) is 18.7. The summed E-state index contributed by atoms with van der Waals surface area (Å²) in [5.74, 6) is 0.0367. The Morgan fingerprint density at radius 1 is 1.33 bits per heavy atom. The van der Waals surface area contributed by atoms with Crippen LogP contribution in [-0.4, -0.2) is 54.5 Å². The third-order valence-electron chi connectivity index (χ3n) is 5.86. The number of hydrogen-bond acceptors (Lipinski definition) is 5. The summed E-state index contributed by atoms with van der Waals surface area (Å²) in [5.41, 5.74) is 2.49. The molecule has 0 aromatic heterocycles. The van der Waals surface area contributed by atoms with E-state index in [2.05, 4.69) is 41.7 Å². The Kier molecular flexibility index (Phi) is 5.45. The van der Waals surface area contributed by atoms with Gasteiger partial charge in [-0.3, -0.25) is 4.79 Å². The van der Waals surface area contributed by atoms with E-state index in [1.54, 1.807) is 0 Å². The molecule has 2 fully saturated rings. The molecule has 1 spiro atoms. The summed E-state index contributed by atoms with van der Waals surface area (Å²) in [4.78, 5) is 20.6. The SMILES string of the molecule is Cc1cccc(CN[C@H]2CCOC[C@@]23CC(C(=O)N2CCCCC2)=NO3)c1. The molecule has 0 saturated carbocycles. The molecule has 3 heterocycles. The van der Waals surface area contributed by atoms with Gasteiger partial charge < -0.3 is 19.8 Å². The molecule has 27 heavy (non-hydrogen) atoms. The van der Waals surface area contributed by atoms with Crippen molar-refractivity contribution in [2.75, 3.05) is 26.3 Å². The van der Waals surface area contributed by atoms with Gasteiger partial charge in [-0.2, -0.15) is 0 Å². The van der Waals surface area contributed by atoms with E-state index >= 15 is 0 Å².